The quantitative estimate of drug-likeness (QED) is 0.686. The van der Waals surface area contributed by atoms with Crippen LogP contribution in [0.5, 0.6) is 11.5 Å². The minimum Gasteiger partial charge on any atom is -0.493 e. The Labute approximate surface area is 180 Å². The second kappa shape index (κ2) is 7.82. The molecule has 0 spiro atoms. The second-order valence-electron chi connectivity index (χ2n) is 7.51. The monoisotopic (exact) mass is 419 g/mol. The average Bonchev–Trinajstić information content (AvgIpc) is 3.41. The van der Waals surface area contributed by atoms with Gasteiger partial charge in [0.05, 0.1) is 25.9 Å². The zero-order chi connectivity index (χ0) is 21.4. The van der Waals surface area contributed by atoms with Crippen molar-refractivity contribution in [2.45, 2.75) is 13.3 Å². The van der Waals surface area contributed by atoms with Gasteiger partial charge in [-0.1, -0.05) is 12.2 Å². The number of hydrogen-bond donors (Lipinski definition) is 3. The SMILES string of the molecule is CCOc1ccc(N=C2NC(C3C=Cc4c(N)n[nH]c4C3)=CN3CCN=C23)cc1OC. The molecule has 0 saturated carbocycles. The van der Waals surface area contributed by atoms with Crippen molar-refractivity contribution in [2.75, 3.05) is 32.5 Å². The molecule has 0 saturated heterocycles. The van der Waals surface area contributed by atoms with E-state index in [4.69, 9.17) is 20.2 Å². The summed E-state index contributed by atoms with van der Waals surface area (Å²) in [6, 6.07) is 5.67. The van der Waals surface area contributed by atoms with Crippen LogP contribution in [0.3, 0.4) is 0 Å². The lowest BCUT2D eigenvalue weighted by molar-refractivity contribution is 0.311. The summed E-state index contributed by atoms with van der Waals surface area (Å²) in [5.41, 5.74) is 9.78. The summed E-state index contributed by atoms with van der Waals surface area (Å²) in [7, 11) is 1.63. The number of nitrogens with zero attached hydrogens (tertiary/aromatic N) is 4. The fourth-order valence-electron chi connectivity index (χ4n) is 4.04. The van der Waals surface area contributed by atoms with E-state index in [0.717, 1.165) is 53.8 Å². The number of hydrogen-bond acceptors (Lipinski definition) is 7. The maximum atomic E-state index is 5.93. The third-order valence-corrected chi connectivity index (χ3v) is 5.56. The number of allylic oxidation sites excluding steroid dienone is 1. The fraction of sp³-hybridized carbons (Fsp3) is 0.318. The Morgan fingerprint density at radius 3 is 3.06 bits per heavy atom. The van der Waals surface area contributed by atoms with Gasteiger partial charge in [-0.3, -0.25) is 10.1 Å². The van der Waals surface area contributed by atoms with Crippen LogP contribution in [0.2, 0.25) is 0 Å². The Morgan fingerprint density at radius 2 is 2.23 bits per heavy atom. The van der Waals surface area contributed by atoms with E-state index in [0.29, 0.717) is 23.9 Å². The predicted octanol–water partition coefficient (Wildman–Crippen LogP) is 2.47. The summed E-state index contributed by atoms with van der Waals surface area (Å²) in [6.45, 7) is 4.10. The van der Waals surface area contributed by atoms with Crippen molar-refractivity contribution in [1.29, 1.82) is 0 Å². The molecule has 1 aromatic heterocycles. The summed E-state index contributed by atoms with van der Waals surface area (Å²) < 4.78 is 11.1. The van der Waals surface area contributed by atoms with Crippen LogP contribution in [0.1, 0.15) is 18.2 Å². The van der Waals surface area contributed by atoms with Gasteiger partial charge in [-0.15, -0.1) is 0 Å². The highest BCUT2D eigenvalue weighted by Gasteiger charge is 2.30. The van der Waals surface area contributed by atoms with Gasteiger partial charge in [0.2, 0.25) is 0 Å². The molecule has 2 aliphatic heterocycles. The zero-order valence-corrected chi connectivity index (χ0v) is 17.6. The second-order valence-corrected chi connectivity index (χ2v) is 7.51. The van der Waals surface area contributed by atoms with Gasteiger partial charge in [0.15, 0.2) is 29.0 Å². The van der Waals surface area contributed by atoms with Crippen molar-refractivity contribution in [3.05, 3.63) is 47.4 Å². The number of fused-ring (bicyclic) bond motifs is 2. The van der Waals surface area contributed by atoms with Gasteiger partial charge in [-0.2, -0.15) is 5.10 Å². The molecule has 0 amide bonds. The number of H-pyrrole nitrogens is 1. The van der Waals surface area contributed by atoms with Crippen molar-refractivity contribution in [2.24, 2.45) is 15.9 Å². The van der Waals surface area contributed by atoms with Crippen LogP contribution in [0.4, 0.5) is 11.5 Å². The minimum absolute atomic E-state index is 0.162. The maximum Gasteiger partial charge on any atom is 0.174 e. The number of aliphatic imine (C=N–C) groups is 2. The Morgan fingerprint density at radius 1 is 1.32 bits per heavy atom. The van der Waals surface area contributed by atoms with E-state index in [2.05, 4.69) is 37.7 Å². The van der Waals surface area contributed by atoms with Gasteiger partial charge in [-0.05, 0) is 19.1 Å². The van der Waals surface area contributed by atoms with E-state index >= 15 is 0 Å². The molecule has 1 aromatic carbocycles. The number of anilines is 1. The third-order valence-electron chi connectivity index (χ3n) is 5.56. The minimum atomic E-state index is 0.162. The van der Waals surface area contributed by atoms with Crippen LogP contribution in [-0.4, -0.2) is 53.6 Å². The molecule has 2 aromatic rings. The summed E-state index contributed by atoms with van der Waals surface area (Å²) >= 11 is 0. The van der Waals surface area contributed by atoms with Gasteiger partial charge >= 0.3 is 0 Å². The summed E-state index contributed by atoms with van der Waals surface area (Å²) in [5.74, 6) is 3.63. The smallest absolute Gasteiger partial charge is 0.174 e. The van der Waals surface area contributed by atoms with Crippen molar-refractivity contribution in [3.8, 4) is 11.5 Å². The van der Waals surface area contributed by atoms with Gasteiger partial charge in [0, 0.05) is 48.1 Å². The normalized spacial score (nSPS) is 20.6. The van der Waals surface area contributed by atoms with E-state index in [9.17, 15) is 0 Å². The Bertz CT molecular complexity index is 1130. The molecule has 1 unspecified atom stereocenters. The molecular formula is C22H25N7O2. The van der Waals surface area contributed by atoms with Crippen LogP contribution < -0.4 is 20.5 Å². The molecule has 160 valence electrons. The van der Waals surface area contributed by atoms with Crippen LogP contribution in [-0.2, 0) is 6.42 Å². The van der Waals surface area contributed by atoms with E-state index in [1.54, 1.807) is 7.11 Å². The lowest BCUT2D eigenvalue weighted by Gasteiger charge is -2.30. The molecule has 1 aliphatic carbocycles. The third kappa shape index (κ3) is 3.52. The van der Waals surface area contributed by atoms with Crippen LogP contribution in [0.15, 0.2) is 46.2 Å². The van der Waals surface area contributed by atoms with Crippen molar-refractivity contribution in [1.82, 2.24) is 20.4 Å². The van der Waals surface area contributed by atoms with Gasteiger partial charge < -0.3 is 25.4 Å². The van der Waals surface area contributed by atoms with Crippen molar-refractivity contribution >= 4 is 29.3 Å². The highest BCUT2D eigenvalue weighted by atomic mass is 16.5. The molecular weight excluding hydrogens is 394 g/mol. The molecule has 9 heteroatoms. The maximum absolute atomic E-state index is 5.93. The number of nitrogens with two attached hydrogens (primary N) is 1. The standard InChI is InChI=1S/C22H25N7O2/c1-3-31-18-7-5-14(11-19(18)30-2)25-21-22-24-8-9-29(22)12-17(26-21)13-4-6-15-16(10-13)27-28-20(15)23/h4-7,11-13H,3,8-10H2,1-2H3,(H,25,26)(H3,23,27,28). The number of amidine groups is 2. The molecule has 9 nitrogen and oxygen atoms in total. The molecule has 3 aliphatic rings. The Balaban J connectivity index is 1.45. The van der Waals surface area contributed by atoms with Crippen LogP contribution in [0.25, 0.3) is 6.08 Å². The number of ether oxygens (including phenoxy) is 2. The lowest BCUT2D eigenvalue weighted by Crippen LogP contribution is -2.45. The first-order valence-corrected chi connectivity index (χ1v) is 10.4. The van der Waals surface area contributed by atoms with E-state index in [1.165, 1.54) is 0 Å². The number of aromatic nitrogens is 2. The molecule has 0 radical (unpaired) electrons. The van der Waals surface area contributed by atoms with Crippen LogP contribution >= 0.6 is 0 Å². The molecule has 3 heterocycles. The molecule has 1 atom stereocenters. The number of nitrogen functional groups attached to an aromatic ring is 1. The van der Waals surface area contributed by atoms with Crippen molar-refractivity contribution in [3.63, 3.8) is 0 Å². The van der Waals surface area contributed by atoms with E-state index in [1.807, 2.05) is 31.2 Å². The van der Waals surface area contributed by atoms with Gasteiger partial charge in [-0.25, -0.2) is 4.99 Å². The highest BCUT2D eigenvalue weighted by Crippen LogP contribution is 2.33. The number of methoxy groups -OCH3 is 1. The van der Waals surface area contributed by atoms with E-state index in [-0.39, 0.29) is 5.92 Å². The molecule has 31 heavy (non-hydrogen) atoms. The Kier molecular flexibility index (Phi) is 4.85. The number of nitrogens with one attached hydrogen (secondary N) is 2. The average molecular weight is 419 g/mol. The molecule has 0 fully saturated rings. The summed E-state index contributed by atoms with van der Waals surface area (Å²) in [4.78, 5) is 11.7. The van der Waals surface area contributed by atoms with E-state index < -0.39 is 0 Å². The molecule has 0 bridgehead atoms. The van der Waals surface area contributed by atoms with Crippen LogP contribution in [0, 0.1) is 5.92 Å². The predicted molar refractivity (Wildman–Crippen MR) is 121 cm³/mol. The van der Waals surface area contributed by atoms with Crippen molar-refractivity contribution < 1.29 is 9.47 Å². The van der Waals surface area contributed by atoms with Gasteiger partial charge in [0.1, 0.15) is 0 Å². The highest BCUT2D eigenvalue weighted by molar-refractivity contribution is 6.42. The number of rotatable bonds is 5. The summed E-state index contributed by atoms with van der Waals surface area (Å²) in [5, 5.41) is 10.7. The number of aromatic amines is 1. The molecule has 4 N–H and O–H groups in total. The topological polar surface area (TPSA) is 113 Å². The van der Waals surface area contributed by atoms with Gasteiger partial charge in [0.25, 0.3) is 0 Å². The first kappa shape index (κ1) is 19.2. The first-order valence-electron chi connectivity index (χ1n) is 10.4. The Hall–Kier alpha value is -3.75. The first-order chi connectivity index (χ1) is 15.2. The number of benzene rings is 1. The fourth-order valence-corrected chi connectivity index (χ4v) is 4.04. The lowest BCUT2D eigenvalue weighted by atomic mass is 9.91. The largest absolute Gasteiger partial charge is 0.493 e. The summed E-state index contributed by atoms with van der Waals surface area (Å²) in [6.07, 6.45) is 7.11. The molecule has 5 rings (SSSR count). The zero-order valence-electron chi connectivity index (χ0n) is 17.6.